The van der Waals surface area contributed by atoms with E-state index >= 15 is 0 Å². The van der Waals surface area contributed by atoms with Crippen LogP contribution in [-0.2, 0) is 19.1 Å². The van der Waals surface area contributed by atoms with Gasteiger partial charge in [0.15, 0.2) is 0 Å². The third kappa shape index (κ3) is 6.72. The van der Waals surface area contributed by atoms with E-state index in [1.807, 2.05) is 20.8 Å². The van der Waals surface area contributed by atoms with Gasteiger partial charge in [0.2, 0.25) is 11.8 Å². The molecule has 0 bridgehead atoms. The second-order valence-corrected chi connectivity index (χ2v) is 7.55. The normalized spacial score (nSPS) is 16.8. The molecule has 24 heavy (non-hydrogen) atoms. The molecule has 0 unspecified atom stereocenters. The molecular weight excluding hydrogens is 308 g/mol. The Labute approximate surface area is 144 Å². The number of likely N-dealkylation sites (N-methyl/N-ethyl adjacent to an activating group) is 1. The molecule has 1 aliphatic rings. The molecule has 0 radical (unpaired) electrons. The largest absolute Gasteiger partial charge is 0.460 e. The number of rotatable bonds is 6. The molecule has 1 aliphatic carbocycles. The fourth-order valence-electron chi connectivity index (χ4n) is 3.01. The van der Waals surface area contributed by atoms with E-state index in [-0.39, 0.29) is 30.7 Å². The predicted octanol–water partition coefficient (Wildman–Crippen LogP) is 2.18. The van der Waals surface area contributed by atoms with E-state index in [0.717, 1.165) is 32.1 Å². The Morgan fingerprint density at radius 2 is 1.79 bits per heavy atom. The molecule has 0 aromatic rings. The van der Waals surface area contributed by atoms with Gasteiger partial charge < -0.3 is 15.0 Å². The summed E-state index contributed by atoms with van der Waals surface area (Å²) in [4.78, 5) is 37.4. The molecule has 0 aromatic carbocycles. The van der Waals surface area contributed by atoms with Crippen LogP contribution < -0.4 is 5.32 Å². The maximum Gasteiger partial charge on any atom is 0.308 e. The SMILES string of the molecule is C=CC(=O)N(C)CC(=O)NC1(CC(=O)OC(C)(C)C)CCCCC1. The lowest BCUT2D eigenvalue weighted by Gasteiger charge is -2.38. The Kier molecular flexibility index (Phi) is 6.99. The number of ether oxygens (including phenoxy) is 1. The second-order valence-electron chi connectivity index (χ2n) is 7.55. The zero-order valence-electron chi connectivity index (χ0n) is 15.3. The number of carbonyl (C=O) groups excluding carboxylic acids is 3. The topological polar surface area (TPSA) is 75.7 Å². The van der Waals surface area contributed by atoms with Gasteiger partial charge in [-0.3, -0.25) is 14.4 Å². The van der Waals surface area contributed by atoms with E-state index < -0.39 is 11.1 Å². The molecule has 1 rings (SSSR count). The fraction of sp³-hybridized carbons (Fsp3) is 0.722. The van der Waals surface area contributed by atoms with Gasteiger partial charge in [-0.15, -0.1) is 0 Å². The average molecular weight is 338 g/mol. The van der Waals surface area contributed by atoms with Crippen LogP contribution in [0, 0.1) is 0 Å². The Bertz CT molecular complexity index is 488. The highest BCUT2D eigenvalue weighted by Crippen LogP contribution is 2.32. The van der Waals surface area contributed by atoms with E-state index in [9.17, 15) is 14.4 Å². The number of esters is 1. The standard InChI is InChI=1S/C18H30N2O4/c1-6-15(22)20(5)13-14(21)19-18(10-8-7-9-11-18)12-16(23)24-17(2,3)4/h6H,1,7-13H2,2-5H3,(H,19,21). The van der Waals surface area contributed by atoms with Crippen LogP contribution in [0.15, 0.2) is 12.7 Å². The fourth-order valence-corrected chi connectivity index (χ4v) is 3.01. The Morgan fingerprint density at radius 3 is 2.29 bits per heavy atom. The van der Waals surface area contributed by atoms with Crippen LogP contribution in [0.1, 0.15) is 59.3 Å². The lowest BCUT2D eigenvalue weighted by Crippen LogP contribution is -2.54. The van der Waals surface area contributed by atoms with Crippen molar-refractivity contribution in [2.45, 2.75) is 70.4 Å². The number of amides is 2. The summed E-state index contributed by atoms with van der Waals surface area (Å²) < 4.78 is 5.42. The van der Waals surface area contributed by atoms with Crippen LogP contribution in [-0.4, -0.2) is 47.4 Å². The van der Waals surface area contributed by atoms with E-state index in [1.165, 1.54) is 11.0 Å². The molecule has 0 atom stereocenters. The molecule has 0 aromatic heterocycles. The van der Waals surface area contributed by atoms with Crippen molar-refractivity contribution in [1.29, 1.82) is 0 Å². The van der Waals surface area contributed by atoms with Gasteiger partial charge in [0.25, 0.3) is 0 Å². The van der Waals surface area contributed by atoms with Crippen LogP contribution in [0.2, 0.25) is 0 Å². The van der Waals surface area contributed by atoms with Gasteiger partial charge in [-0.25, -0.2) is 0 Å². The van der Waals surface area contributed by atoms with Gasteiger partial charge in [0, 0.05) is 7.05 Å². The van der Waals surface area contributed by atoms with Crippen molar-refractivity contribution < 1.29 is 19.1 Å². The summed E-state index contributed by atoms with van der Waals surface area (Å²) in [6.45, 7) is 8.83. The molecule has 6 heteroatoms. The van der Waals surface area contributed by atoms with Crippen molar-refractivity contribution in [1.82, 2.24) is 10.2 Å². The number of nitrogens with zero attached hydrogens (tertiary/aromatic N) is 1. The maximum absolute atomic E-state index is 12.3. The van der Waals surface area contributed by atoms with Crippen molar-refractivity contribution in [3.05, 3.63) is 12.7 Å². The van der Waals surface area contributed by atoms with E-state index in [4.69, 9.17) is 4.74 Å². The summed E-state index contributed by atoms with van der Waals surface area (Å²) in [5.41, 5.74) is -1.12. The zero-order valence-corrected chi connectivity index (χ0v) is 15.3. The molecule has 6 nitrogen and oxygen atoms in total. The van der Waals surface area contributed by atoms with E-state index in [0.29, 0.717) is 0 Å². The monoisotopic (exact) mass is 338 g/mol. The van der Waals surface area contributed by atoms with Gasteiger partial charge in [-0.05, 0) is 39.7 Å². The Morgan fingerprint density at radius 1 is 1.21 bits per heavy atom. The summed E-state index contributed by atoms with van der Waals surface area (Å²) in [5.74, 6) is -0.881. The molecular formula is C18H30N2O4. The van der Waals surface area contributed by atoms with Gasteiger partial charge in [0.05, 0.1) is 18.5 Å². The second kappa shape index (κ2) is 8.31. The first kappa shape index (κ1) is 20.2. The lowest BCUT2D eigenvalue weighted by atomic mass is 9.79. The van der Waals surface area contributed by atoms with Crippen molar-refractivity contribution in [3.63, 3.8) is 0 Å². The van der Waals surface area contributed by atoms with Crippen LogP contribution in [0.25, 0.3) is 0 Å². The van der Waals surface area contributed by atoms with Crippen LogP contribution >= 0.6 is 0 Å². The highest BCUT2D eigenvalue weighted by molar-refractivity contribution is 5.91. The molecule has 0 aliphatic heterocycles. The van der Waals surface area contributed by atoms with Gasteiger partial charge in [0.1, 0.15) is 5.60 Å². The molecule has 0 spiro atoms. The van der Waals surface area contributed by atoms with Crippen molar-refractivity contribution in [2.24, 2.45) is 0 Å². The van der Waals surface area contributed by atoms with Gasteiger partial charge in [-0.1, -0.05) is 25.8 Å². The number of carbonyl (C=O) groups is 3. The predicted molar refractivity (Wildman–Crippen MR) is 92.3 cm³/mol. The van der Waals surface area contributed by atoms with Gasteiger partial charge in [-0.2, -0.15) is 0 Å². The highest BCUT2D eigenvalue weighted by atomic mass is 16.6. The minimum atomic E-state index is -0.574. The van der Waals surface area contributed by atoms with E-state index in [2.05, 4.69) is 11.9 Å². The minimum absolute atomic E-state index is 0.0546. The molecule has 1 saturated carbocycles. The first-order valence-corrected chi connectivity index (χ1v) is 8.47. The minimum Gasteiger partial charge on any atom is -0.460 e. The zero-order chi connectivity index (χ0) is 18.4. The van der Waals surface area contributed by atoms with E-state index in [1.54, 1.807) is 7.05 Å². The summed E-state index contributed by atoms with van der Waals surface area (Å²) in [6.07, 6.45) is 5.85. The third-order valence-electron chi connectivity index (χ3n) is 4.05. The molecule has 0 saturated heterocycles. The summed E-state index contributed by atoms with van der Waals surface area (Å²) >= 11 is 0. The average Bonchev–Trinajstić information content (AvgIpc) is 2.44. The van der Waals surface area contributed by atoms with Crippen molar-refractivity contribution >= 4 is 17.8 Å². The summed E-state index contributed by atoms with van der Waals surface area (Å²) in [5, 5.41) is 2.99. The van der Waals surface area contributed by atoms with Gasteiger partial charge >= 0.3 is 5.97 Å². The smallest absolute Gasteiger partial charge is 0.308 e. The number of nitrogens with one attached hydrogen (secondary N) is 1. The molecule has 136 valence electrons. The molecule has 1 N–H and O–H groups in total. The lowest BCUT2D eigenvalue weighted by molar-refractivity contribution is -0.157. The quantitative estimate of drug-likeness (QED) is 0.595. The molecule has 2 amide bonds. The summed E-state index contributed by atoms with van der Waals surface area (Å²) in [6, 6.07) is 0. The first-order valence-electron chi connectivity index (χ1n) is 8.47. The molecule has 1 fully saturated rings. The Hall–Kier alpha value is -1.85. The third-order valence-corrected chi connectivity index (χ3v) is 4.05. The summed E-state index contributed by atoms with van der Waals surface area (Å²) in [7, 11) is 1.55. The van der Waals surface area contributed by atoms with Crippen LogP contribution in [0.3, 0.4) is 0 Å². The van der Waals surface area contributed by atoms with Crippen molar-refractivity contribution in [3.8, 4) is 0 Å². The maximum atomic E-state index is 12.3. The number of hydrogen-bond donors (Lipinski definition) is 1. The van der Waals surface area contributed by atoms with Crippen LogP contribution in [0.5, 0.6) is 0 Å². The van der Waals surface area contributed by atoms with Crippen molar-refractivity contribution in [2.75, 3.05) is 13.6 Å². The van der Waals surface area contributed by atoms with Crippen LogP contribution in [0.4, 0.5) is 0 Å². The molecule has 0 heterocycles. The first-order chi connectivity index (χ1) is 11.1. The Balaban J connectivity index is 2.73. The highest BCUT2D eigenvalue weighted by Gasteiger charge is 2.37. The number of hydrogen-bond acceptors (Lipinski definition) is 4.